The number of amides is 1. The topological polar surface area (TPSA) is 63.1 Å². The van der Waals surface area contributed by atoms with Gasteiger partial charge in [-0.3, -0.25) is 9.48 Å². The predicted molar refractivity (Wildman–Crippen MR) is 107 cm³/mol. The maximum atomic E-state index is 12.9. The van der Waals surface area contributed by atoms with Crippen molar-refractivity contribution in [1.29, 1.82) is 0 Å². The highest BCUT2D eigenvalue weighted by Crippen LogP contribution is 2.29. The minimum absolute atomic E-state index is 0. The SMILES string of the molecule is CCc1nc(C)c(C(C)N(C)C(=O)c2ccn(C3CCCNC3)n2)s1.Cl. The molecule has 1 aliphatic rings. The van der Waals surface area contributed by atoms with E-state index in [4.69, 9.17) is 0 Å². The molecule has 8 heteroatoms. The Hall–Kier alpha value is -1.44. The van der Waals surface area contributed by atoms with Crippen molar-refractivity contribution >= 4 is 29.7 Å². The number of piperidine rings is 1. The average molecular weight is 398 g/mol. The minimum Gasteiger partial charge on any atom is -0.333 e. The molecule has 0 bridgehead atoms. The summed E-state index contributed by atoms with van der Waals surface area (Å²) < 4.78 is 1.94. The number of rotatable bonds is 5. The summed E-state index contributed by atoms with van der Waals surface area (Å²) >= 11 is 1.70. The second-order valence-electron chi connectivity index (χ2n) is 6.68. The van der Waals surface area contributed by atoms with Crippen LogP contribution >= 0.6 is 23.7 Å². The van der Waals surface area contributed by atoms with E-state index >= 15 is 0 Å². The first kappa shape index (κ1) is 20.9. The van der Waals surface area contributed by atoms with E-state index in [1.54, 1.807) is 16.2 Å². The molecule has 3 heterocycles. The Morgan fingerprint density at radius 1 is 1.54 bits per heavy atom. The average Bonchev–Trinajstić information content (AvgIpc) is 3.27. The van der Waals surface area contributed by atoms with Crippen LogP contribution in [-0.4, -0.2) is 45.7 Å². The molecule has 0 aliphatic carbocycles. The number of carbonyl (C=O) groups is 1. The highest BCUT2D eigenvalue weighted by Gasteiger charge is 2.25. The van der Waals surface area contributed by atoms with Crippen LogP contribution in [-0.2, 0) is 6.42 Å². The van der Waals surface area contributed by atoms with Gasteiger partial charge in [-0.2, -0.15) is 5.10 Å². The van der Waals surface area contributed by atoms with Crippen LogP contribution in [0.4, 0.5) is 0 Å². The van der Waals surface area contributed by atoms with Gasteiger partial charge < -0.3 is 10.2 Å². The van der Waals surface area contributed by atoms with Gasteiger partial charge in [-0.15, -0.1) is 23.7 Å². The van der Waals surface area contributed by atoms with Crippen molar-refractivity contribution in [2.45, 2.75) is 52.1 Å². The molecule has 0 saturated carbocycles. The standard InChI is InChI=1S/C18H27N5OS.ClH/c1-5-16-20-12(2)17(25-16)13(3)22(4)18(24)15-8-10-23(21-15)14-7-6-9-19-11-14;/h8,10,13-14,19H,5-7,9,11H2,1-4H3;1H. The lowest BCUT2D eigenvalue weighted by atomic mass is 10.1. The third-order valence-corrected chi connectivity index (χ3v) is 6.40. The predicted octanol–water partition coefficient (Wildman–Crippen LogP) is 3.39. The van der Waals surface area contributed by atoms with Gasteiger partial charge in [0.2, 0.25) is 0 Å². The van der Waals surface area contributed by atoms with Crippen molar-refractivity contribution in [3.63, 3.8) is 0 Å². The Morgan fingerprint density at radius 2 is 2.31 bits per heavy atom. The molecule has 1 fully saturated rings. The first-order chi connectivity index (χ1) is 12.0. The zero-order chi connectivity index (χ0) is 18.0. The number of carbonyl (C=O) groups excluding carboxylic acids is 1. The molecule has 2 atom stereocenters. The summed E-state index contributed by atoms with van der Waals surface area (Å²) in [5, 5.41) is 9.05. The third kappa shape index (κ3) is 4.27. The second-order valence-corrected chi connectivity index (χ2v) is 7.80. The number of thiazole rings is 1. The third-order valence-electron chi connectivity index (χ3n) is 4.93. The van der Waals surface area contributed by atoms with Crippen LogP contribution in [0, 0.1) is 6.92 Å². The van der Waals surface area contributed by atoms with E-state index in [1.165, 1.54) is 0 Å². The number of nitrogens with one attached hydrogen (secondary N) is 1. The van der Waals surface area contributed by atoms with Crippen LogP contribution < -0.4 is 5.32 Å². The molecule has 6 nitrogen and oxygen atoms in total. The highest BCUT2D eigenvalue weighted by molar-refractivity contribution is 7.11. The maximum Gasteiger partial charge on any atom is 0.274 e. The van der Waals surface area contributed by atoms with Crippen LogP contribution in [0.1, 0.15) is 64.8 Å². The van der Waals surface area contributed by atoms with E-state index in [-0.39, 0.29) is 24.4 Å². The molecule has 0 aromatic carbocycles. The van der Waals surface area contributed by atoms with Crippen molar-refractivity contribution in [2.24, 2.45) is 0 Å². The molecule has 1 saturated heterocycles. The van der Waals surface area contributed by atoms with E-state index in [2.05, 4.69) is 29.2 Å². The largest absolute Gasteiger partial charge is 0.333 e. The Morgan fingerprint density at radius 3 is 2.92 bits per heavy atom. The van der Waals surface area contributed by atoms with Gasteiger partial charge in [-0.25, -0.2) is 4.98 Å². The number of halogens is 1. The number of aryl methyl sites for hydroxylation is 2. The second kappa shape index (κ2) is 8.97. The van der Waals surface area contributed by atoms with Crippen LogP contribution in [0.2, 0.25) is 0 Å². The van der Waals surface area contributed by atoms with E-state index in [1.807, 2.05) is 30.9 Å². The molecule has 2 aromatic heterocycles. The summed E-state index contributed by atoms with van der Waals surface area (Å²) in [5.41, 5.74) is 1.53. The van der Waals surface area contributed by atoms with Crippen molar-refractivity contribution < 1.29 is 4.79 Å². The highest BCUT2D eigenvalue weighted by atomic mass is 35.5. The Kier molecular flexibility index (Phi) is 7.20. The van der Waals surface area contributed by atoms with Gasteiger partial charge in [-0.1, -0.05) is 6.92 Å². The lowest BCUT2D eigenvalue weighted by Gasteiger charge is -2.24. The van der Waals surface area contributed by atoms with Crippen molar-refractivity contribution in [3.05, 3.63) is 33.5 Å². The van der Waals surface area contributed by atoms with E-state index in [0.29, 0.717) is 11.7 Å². The first-order valence-electron chi connectivity index (χ1n) is 9.00. The Balaban J connectivity index is 0.00000243. The fourth-order valence-electron chi connectivity index (χ4n) is 3.25. The van der Waals surface area contributed by atoms with Gasteiger partial charge in [-0.05, 0) is 45.7 Å². The molecular weight excluding hydrogens is 370 g/mol. The lowest BCUT2D eigenvalue weighted by Crippen LogP contribution is -2.33. The van der Waals surface area contributed by atoms with Crippen LogP contribution in [0.25, 0.3) is 0 Å². The van der Waals surface area contributed by atoms with Gasteiger partial charge in [0.05, 0.1) is 22.8 Å². The zero-order valence-electron chi connectivity index (χ0n) is 15.9. The molecule has 144 valence electrons. The molecule has 3 rings (SSSR count). The summed E-state index contributed by atoms with van der Waals surface area (Å²) in [7, 11) is 1.85. The number of nitrogens with zero attached hydrogens (tertiary/aromatic N) is 4. The van der Waals surface area contributed by atoms with Crippen molar-refractivity contribution in [2.75, 3.05) is 20.1 Å². The van der Waals surface area contributed by atoms with Crippen LogP contribution in [0.5, 0.6) is 0 Å². The smallest absolute Gasteiger partial charge is 0.274 e. The molecule has 1 amide bonds. The molecule has 2 aromatic rings. The Labute approximate surface area is 165 Å². The molecular formula is C18H28ClN5OS. The zero-order valence-corrected chi connectivity index (χ0v) is 17.5. The number of aromatic nitrogens is 3. The van der Waals surface area contributed by atoms with E-state index in [9.17, 15) is 4.79 Å². The van der Waals surface area contributed by atoms with Crippen LogP contribution in [0.15, 0.2) is 12.3 Å². The van der Waals surface area contributed by atoms with Crippen molar-refractivity contribution in [3.8, 4) is 0 Å². The summed E-state index contributed by atoms with van der Waals surface area (Å²) in [6.45, 7) is 8.16. The fourth-order valence-corrected chi connectivity index (χ4v) is 4.35. The summed E-state index contributed by atoms with van der Waals surface area (Å²) in [6, 6.07) is 2.16. The fraction of sp³-hybridized carbons (Fsp3) is 0.611. The Bertz CT molecular complexity index is 738. The van der Waals surface area contributed by atoms with Gasteiger partial charge in [0.1, 0.15) is 5.69 Å². The lowest BCUT2D eigenvalue weighted by molar-refractivity contribution is 0.0737. The summed E-state index contributed by atoms with van der Waals surface area (Å²) in [5.74, 6) is -0.0409. The van der Waals surface area contributed by atoms with Crippen molar-refractivity contribution in [1.82, 2.24) is 25.0 Å². The number of hydrogen-bond acceptors (Lipinski definition) is 5. The van der Waals surface area contributed by atoms with E-state index in [0.717, 1.165) is 47.9 Å². The first-order valence-corrected chi connectivity index (χ1v) is 9.82. The quantitative estimate of drug-likeness (QED) is 0.839. The van der Waals surface area contributed by atoms with Gasteiger partial charge in [0, 0.05) is 24.7 Å². The van der Waals surface area contributed by atoms with E-state index < -0.39 is 0 Å². The van der Waals surface area contributed by atoms with Gasteiger partial charge in [0.25, 0.3) is 5.91 Å². The molecule has 1 aliphatic heterocycles. The number of hydrogen-bond donors (Lipinski definition) is 1. The molecule has 2 unspecified atom stereocenters. The summed E-state index contributed by atoms with van der Waals surface area (Å²) in [4.78, 5) is 20.4. The molecule has 0 radical (unpaired) electrons. The van der Waals surface area contributed by atoms with Gasteiger partial charge >= 0.3 is 0 Å². The monoisotopic (exact) mass is 397 g/mol. The minimum atomic E-state index is -0.0409. The summed E-state index contributed by atoms with van der Waals surface area (Å²) in [6.07, 6.45) is 5.11. The van der Waals surface area contributed by atoms with Crippen LogP contribution in [0.3, 0.4) is 0 Å². The molecule has 0 spiro atoms. The molecule has 26 heavy (non-hydrogen) atoms. The molecule has 1 N–H and O–H groups in total. The normalized spacial score (nSPS) is 18.2. The maximum absolute atomic E-state index is 12.9. The van der Waals surface area contributed by atoms with Gasteiger partial charge in [0.15, 0.2) is 0 Å².